The van der Waals surface area contributed by atoms with Crippen LogP contribution in [-0.4, -0.2) is 18.2 Å². The number of esters is 1. The first-order valence-electron chi connectivity index (χ1n) is 3.05. The first-order valence-corrected chi connectivity index (χ1v) is 3.05. The lowest BCUT2D eigenvalue weighted by Gasteiger charge is -2.09. The molecule has 0 N–H and O–H groups in total. The fourth-order valence-electron chi connectivity index (χ4n) is 0.858. The number of carbonyl (C=O) groups is 1. The summed E-state index contributed by atoms with van der Waals surface area (Å²) >= 11 is 0. The van der Waals surface area contributed by atoms with Crippen molar-refractivity contribution in [3.05, 3.63) is 0 Å². The lowest BCUT2D eigenvalue weighted by atomic mass is 10.0. The molecule has 52 valence electrons. The van der Waals surface area contributed by atoms with Crippen LogP contribution in [0.2, 0.25) is 0 Å². The van der Waals surface area contributed by atoms with E-state index in [1.165, 1.54) is 0 Å². The van der Waals surface area contributed by atoms with Crippen LogP contribution in [0.1, 0.15) is 19.8 Å². The summed E-state index contributed by atoms with van der Waals surface area (Å²) in [5.41, 5.74) is -1.67. The molecule has 0 bridgehead atoms. The Labute approximate surface area is 53.0 Å². The van der Waals surface area contributed by atoms with Crippen LogP contribution in [0.15, 0.2) is 0 Å². The van der Waals surface area contributed by atoms with Gasteiger partial charge in [0.15, 0.2) is 0 Å². The largest absolute Gasteiger partial charge is 0.463 e. The molecule has 1 unspecified atom stereocenters. The number of rotatable bonds is 1. The normalized spacial score (nSPS) is 34.7. The van der Waals surface area contributed by atoms with Gasteiger partial charge in [0.05, 0.1) is 6.61 Å². The zero-order valence-electron chi connectivity index (χ0n) is 5.32. The van der Waals surface area contributed by atoms with Gasteiger partial charge in [-0.2, -0.15) is 0 Å². The van der Waals surface area contributed by atoms with E-state index in [0.29, 0.717) is 0 Å². The molecule has 1 fully saturated rings. The fraction of sp³-hybridized carbons (Fsp3) is 0.833. The molecule has 1 aliphatic rings. The van der Waals surface area contributed by atoms with Gasteiger partial charge in [-0.1, -0.05) is 6.92 Å². The molecule has 1 rings (SSSR count). The van der Waals surface area contributed by atoms with E-state index in [-0.39, 0.29) is 19.4 Å². The Balaban J connectivity index is 2.67. The predicted molar refractivity (Wildman–Crippen MR) is 29.7 cm³/mol. The SMILES string of the molecule is CCC1(F)CCOC1=O. The van der Waals surface area contributed by atoms with Gasteiger partial charge in [0.25, 0.3) is 0 Å². The maximum atomic E-state index is 13.0. The van der Waals surface area contributed by atoms with Crippen LogP contribution >= 0.6 is 0 Å². The van der Waals surface area contributed by atoms with E-state index in [9.17, 15) is 9.18 Å². The van der Waals surface area contributed by atoms with Gasteiger partial charge in [0.2, 0.25) is 5.67 Å². The Kier molecular flexibility index (Phi) is 1.43. The number of carbonyl (C=O) groups excluding carboxylic acids is 1. The molecule has 2 nitrogen and oxygen atoms in total. The number of ether oxygens (including phenoxy) is 1. The molecule has 0 spiro atoms. The van der Waals surface area contributed by atoms with Gasteiger partial charge in [0, 0.05) is 6.42 Å². The summed E-state index contributed by atoms with van der Waals surface area (Å²) in [7, 11) is 0. The molecule has 0 radical (unpaired) electrons. The van der Waals surface area contributed by atoms with E-state index < -0.39 is 11.6 Å². The van der Waals surface area contributed by atoms with E-state index in [0.717, 1.165) is 0 Å². The van der Waals surface area contributed by atoms with E-state index in [2.05, 4.69) is 4.74 Å². The Morgan fingerprint density at radius 1 is 1.89 bits per heavy atom. The van der Waals surface area contributed by atoms with Crippen LogP contribution in [-0.2, 0) is 9.53 Å². The highest BCUT2D eigenvalue weighted by atomic mass is 19.1. The molecule has 0 aromatic rings. The summed E-state index contributed by atoms with van der Waals surface area (Å²) in [4.78, 5) is 10.5. The summed E-state index contributed by atoms with van der Waals surface area (Å²) in [6.45, 7) is 1.88. The van der Waals surface area contributed by atoms with Crippen molar-refractivity contribution in [1.82, 2.24) is 0 Å². The quantitative estimate of drug-likeness (QED) is 0.498. The van der Waals surface area contributed by atoms with Crippen LogP contribution in [0.25, 0.3) is 0 Å². The summed E-state index contributed by atoms with van der Waals surface area (Å²) < 4.78 is 17.4. The van der Waals surface area contributed by atoms with Crippen molar-refractivity contribution in [2.24, 2.45) is 0 Å². The lowest BCUT2D eigenvalue weighted by molar-refractivity contribution is -0.147. The van der Waals surface area contributed by atoms with E-state index in [1.807, 2.05) is 0 Å². The molecule has 1 aliphatic heterocycles. The van der Waals surface area contributed by atoms with Crippen LogP contribution in [0.3, 0.4) is 0 Å². The monoisotopic (exact) mass is 132 g/mol. The standard InChI is InChI=1S/C6H9FO2/c1-2-6(7)3-4-9-5(6)8/h2-4H2,1H3. The second kappa shape index (κ2) is 1.97. The molecule has 1 heterocycles. The predicted octanol–water partition coefficient (Wildman–Crippen LogP) is 1.05. The van der Waals surface area contributed by atoms with Gasteiger partial charge in [-0.25, -0.2) is 9.18 Å². The molecule has 0 saturated carbocycles. The van der Waals surface area contributed by atoms with Crippen molar-refractivity contribution in [2.75, 3.05) is 6.61 Å². The Bertz CT molecular complexity index is 135. The topological polar surface area (TPSA) is 26.3 Å². The van der Waals surface area contributed by atoms with E-state index in [1.54, 1.807) is 6.92 Å². The van der Waals surface area contributed by atoms with Gasteiger partial charge >= 0.3 is 5.97 Å². The van der Waals surface area contributed by atoms with Gasteiger partial charge in [-0.05, 0) is 6.42 Å². The maximum Gasteiger partial charge on any atom is 0.344 e. The molecule has 0 aromatic carbocycles. The third-order valence-electron chi connectivity index (χ3n) is 1.66. The zero-order chi connectivity index (χ0) is 6.91. The molecular formula is C6H9FO2. The molecule has 9 heavy (non-hydrogen) atoms. The van der Waals surface area contributed by atoms with Crippen molar-refractivity contribution in [3.63, 3.8) is 0 Å². The van der Waals surface area contributed by atoms with Gasteiger partial charge in [-0.3, -0.25) is 0 Å². The van der Waals surface area contributed by atoms with Crippen molar-refractivity contribution in [1.29, 1.82) is 0 Å². The second-order valence-corrected chi connectivity index (χ2v) is 2.20. The molecule has 0 aromatic heterocycles. The van der Waals surface area contributed by atoms with Crippen molar-refractivity contribution in [2.45, 2.75) is 25.4 Å². The molecular weight excluding hydrogens is 123 g/mol. The van der Waals surface area contributed by atoms with Crippen molar-refractivity contribution >= 4 is 5.97 Å². The number of cyclic esters (lactones) is 1. The number of hydrogen-bond acceptors (Lipinski definition) is 2. The van der Waals surface area contributed by atoms with E-state index >= 15 is 0 Å². The van der Waals surface area contributed by atoms with Crippen molar-refractivity contribution in [3.8, 4) is 0 Å². The summed E-state index contributed by atoms with van der Waals surface area (Å²) in [6.07, 6.45) is 0.453. The molecule has 1 atom stereocenters. The van der Waals surface area contributed by atoms with Crippen LogP contribution in [0.4, 0.5) is 4.39 Å². The average molecular weight is 132 g/mol. The van der Waals surface area contributed by atoms with Crippen LogP contribution in [0.5, 0.6) is 0 Å². The maximum absolute atomic E-state index is 13.0. The van der Waals surface area contributed by atoms with Crippen LogP contribution in [0, 0.1) is 0 Å². The Morgan fingerprint density at radius 3 is 2.78 bits per heavy atom. The Hall–Kier alpha value is -0.600. The van der Waals surface area contributed by atoms with Gasteiger partial charge in [0.1, 0.15) is 0 Å². The minimum atomic E-state index is -1.67. The van der Waals surface area contributed by atoms with Crippen LogP contribution < -0.4 is 0 Å². The van der Waals surface area contributed by atoms with Crippen molar-refractivity contribution < 1.29 is 13.9 Å². The average Bonchev–Trinajstić information content (AvgIpc) is 2.15. The minimum absolute atomic E-state index is 0.225. The summed E-state index contributed by atoms with van der Waals surface area (Å²) in [5.74, 6) is -0.690. The second-order valence-electron chi connectivity index (χ2n) is 2.20. The molecule has 1 saturated heterocycles. The van der Waals surface area contributed by atoms with Gasteiger partial charge < -0.3 is 4.74 Å². The first-order chi connectivity index (χ1) is 4.19. The lowest BCUT2D eigenvalue weighted by Crippen LogP contribution is -2.27. The smallest absolute Gasteiger partial charge is 0.344 e. The highest BCUT2D eigenvalue weighted by molar-refractivity contribution is 5.81. The third kappa shape index (κ3) is 0.910. The summed E-state index contributed by atoms with van der Waals surface area (Å²) in [5, 5.41) is 0. The number of halogens is 1. The summed E-state index contributed by atoms with van der Waals surface area (Å²) in [6, 6.07) is 0. The first kappa shape index (κ1) is 6.52. The highest BCUT2D eigenvalue weighted by Crippen LogP contribution is 2.27. The zero-order valence-corrected chi connectivity index (χ0v) is 5.32. The minimum Gasteiger partial charge on any atom is -0.463 e. The van der Waals surface area contributed by atoms with Gasteiger partial charge in [-0.15, -0.1) is 0 Å². The highest BCUT2D eigenvalue weighted by Gasteiger charge is 2.43. The molecule has 0 aliphatic carbocycles. The third-order valence-corrected chi connectivity index (χ3v) is 1.66. The Morgan fingerprint density at radius 2 is 2.56 bits per heavy atom. The molecule has 3 heteroatoms. The number of alkyl halides is 1. The number of hydrogen-bond donors (Lipinski definition) is 0. The fourth-order valence-corrected chi connectivity index (χ4v) is 0.858. The molecule has 0 amide bonds. The van der Waals surface area contributed by atoms with E-state index in [4.69, 9.17) is 0 Å².